The number of fused-ring (bicyclic) bond motifs is 1. The van der Waals surface area contributed by atoms with Gasteiger partial charge >= 0.3 is 0 Å². The van der Waals surface area contributed by atoms with Crippen molar-refractivity contribution in [2.75, 3.05) is 11.4 Å². The molecule has 2 heterocycles. The molecule has 0 unspecified atom stereocenters. The number of benzene rings is 1. The number of hydrogen-bond acceptors (Lipinski definition) is 4. The lowest BCUT2D eigenvalue weighted by molar-refractivity contribution is 0.593. The molecular weight excluding hydrogens is 278 g/mol. The first-order chi connectivity index (χ1) is 10.2. The normalized spacial score (nSPS) is 15.1. The molecule has 4 heteroatoms. The second-order valence-corrected chi connectivity index (χ2v) is 6.98. The van der Waals surface area contributed by atoms with Crippen molar-refractivity contribution in [1.82, 2.24) is 10.3 Å². The number of hydrogen-bond donors (Lipinski definition) is 1. The minimum absolute atomic E-state index is 0.509. The lowest BCUT2D eigenvalue weighted by Gasteiger charge is -2.21. The van der Waals surface area contributed by atoms with E-state index in [4.69, 9.17) is 0 Å². The van der Waals surface area contributed by atoms with Crippen LogP contribution in [0.3, 0.4) is 0 Å². The number of thiazole rings is 1. The zero-order valence-electron chi connectivity index (χ0n) is 12.8. The second-order valence-electron chi connectivity index (χ2n) is 5.88. The van der Waals surface area contributed by atoms with Gasteiger partial charge < -0.3 is 10.2 Å². The van der Waals surface area contributed by atoms with Crippen LogP contribution in [0.15, 0.2) is 30.5 Å². The third-order valence-corrected chi connectivity index (χ3v) is 4.84. The van der Waals surface area contributed by atoms with Crippen molar-refractivity contribution in [1.29, 1.82) is 0 Å². The largest absolute Gasteiger partial charge is 0.318 e. The molecule has 21 heavy (non-hydrogen) atoms. The third-order valence-electron chi connectivity index (χ3n) is 3.82. The molecule has 0 radical (unpaired) electrons. The Labute approximate surface area is 131 Å². The molecule has 1 N–H and O–H groups in total. The fourth-order valence-electron chi connectivity index (χ4n) is 2.70. The van der Waals surface area contributed by atoms with E-state index in [1.807, 2.05) is 6.20 Å². The molecule has 3 nitrogen and oxygen atoms in total. The van der Waals surface area contributed by atoms with Gasteiger partial charge in [0, 0.05) is 35.9 Å². The first-order valence-corrected chi connectivity index (χ1v) is 8.59. The molecule has 1 aliphatic rings. The molecule has 3 rings (SSSR count). The van der Waals surface area contributed by atoms with Gasteiger partial charge in [-0.15, -0.1) is 11.3 Å². The van der Waals surface area contributed by atoms with Crippen LogP contribution in [0.25, 0.3) is 0 Å². The zero-order valence-corrected chi connectivity index (χ0v) is 13.6. The summed E-state index contributed by atoms with van der Waals surface area (Å²) >= 11 is 1.81. The van der Waals surface area contributed by atoms with Crippen LogP contribution in [0.5, 0.6) is 0 Å². The van der Waals surface area contributed by atoms with E-state index < -0.39 is 0 Å². The van der Waals surface area contributed by atoms with Crippen LogP contribution in [0, 0.1) is 0 Å². The van der Waals surface area contributed by atoms with E-state index in [9.17, 15) is 0 Å². The van der Waals surface area contributed by atoms with Crippen LogP contribution in [0.1, 0.15) is 37.1 Å². The summed E-state index contributed by atoms with van der Waals surface area (Å²) in [4.78, 5) is 8.36. The van der Waals surface area contributed by atoms with Gasteiger partial charge in [0.05, 0.1) is 0 Å². The van der Waals surface area contributed by atoms with Gasteiger partial charge in [0.15, 0.2) is 5.13 Å². The second kappa shape index (κ2) is 6.58. The molecule has 2 aromatic rings. The predicted molar refractivity (Wildman–Crippen MR) is 90.5 cm³/mol. The molecule has 0 saturated carbocycles. The topological polar surface area (TPSA) is 28.2 Å². The van der Waals surface area contributed by atoms with E-state index in [0.29, 0.717) is 6.04 Å². The Morgan fingerprint density at radius 1 is 1.29 bits per heavy atom. The minimum Gasteiger partial charge on any atom is -0.318 e. The summed E-state index contributed by atoms with van der Waals surface area (Å²) in [5.41, 5.74) is 2.79. The van der Waals surface area contributed by atoms with Crippen LogP contribution in [-0.2, 0) is 13.0 Å². The number of aromatic nitrogens is 1. The van der Waals surface area contributed by atoms with E-state index in [2.05, 4.69) is 53.3 Å². The van der Waals surface area contributed by atoms with E-state index in [1.54, 1.807) is 11.3 Å². The maximum atomic E-state index is 4.66. The maximum Gasteiger partial charge on any atom is 0.190 e. The highest BCUT2D eigenvalue weighted by molar-refractivity contribution is 7.15. The summed E-state index contributed by atoms with van der Waals surface area (Å²) in [6, 6.07) is 9.26. The number of nitrogens with one attached hydrogen (secondary N) is 1. The fraction of sp³-hybridized carbons (Fsp3) is 0.471. The number of nitrogens with zero attached hydrogens (tertiary/aromatic N) is 2. The summed E-state index contributed by atoms with van der Waals surface area (Å²) in [5.74, 6) is 0. The van der Waals surface area contributed by atoms with Crippen molar-refractivity contribution >= 4 is 22.2 Å². The summed E-state index contributed by atoms with van der Waals surface area (Å²) in [5, 5.41) is 4.59. The summed E-state index contributed by atoms with van der Waals surface area (Å²) in [6.45, 7) is 6.33. The number of aryl methyl sites for hydroxylation is 1. The van der Waals surface area contributed by atoms with Crippen LogP contribution in [0.4, 0.5) is 10.8 Å². The Balaban J connectivity index is 1.83. The van der Waals surface area contributed by atoms with Crippen molar-refractivity contribution in [3.63, 3.8) is 0 Å². The monoisotopic (exact) mass is 301 g/mol. The quantitative estimate of drug-likeness (QED) is 0.921. The standard InChI is InChI=1S/C17H23N3S/c1-13(2)18-11-15-12-19-17(21-15)20-10-6-5-8-14-7-3-4-9-16(14)20/h3-4,7,9,12-13,18H,5-6,8,10-11H2,1-2H3. The van der Waals surface area contributed by atoms with E-state index >= 15 is 0 Å². The highest BCUT2D eigenvalue weighted by atomic mass is 32.1. The van der Waals surface area contributed by atoms with Crippen LogP contribution in [-0.4, -0.2) is 17.6 Å². The SMILES string of the molecule is CC(C)NCc1cnc(N2CCCCc3ccccc32)s1. The lowest BCUT2D eigenvalue weighted by Crippen LogP contribution is -2.21. The number of rotatable bonds is 4. The van der Waals surface area contributed by atoms with Crippen molar-refractivity contribution in [3.8, 4) is 0 Å². The third kappa shape index (κ3) is 3.44. The van der Waals surface area contributed by atoms with Crippen molar-refractivity contribution in [2.24, 2.45) is 0 Å². The van der Waals surface area contributed by atoms with Gasteiger partial charge in [-0.1, -0.05) is 32.0 Å². The highest BCUT2D eigenvalue weighted by Gasteiger charge is 2.18. The lowest BCUT2D eigenvalue weighted by atomic mass is 10.1. The molecule has 0 fully saturated rings. The zero-order chi connectivity index (χ0) is 14.7. The van der Waals surface area contributed by atoms with E-state index in [-0.39, 0.29) is 0 Å². The maximum absolute atomic E-state index is 4.66. The van der Waals surface area contributed by atoms with Crippen molar-refractivity contribution < 1.29 is 0 Å². The summed E-state index contributed by atoms with van der Waals surface area (Å²) in [6.07, 6.45) is 5.69. The molecule has 1 aliphatic heterocycles. The predicted octanol–water partition coefficient (Wildman–Crippen LogP) is 4.12. The molecule has 0 amide bonds. The Morgan fingerprint density at radius 2 is 2.14 bits per heavy atom. The molecule has 0 atom stereocenters. The molecule has 1 aromatic heterocycles. The van der Waals surface area contributed by atoms with E-state index in [1.165, 1.54) is 35.4 Å². The van der Waals surface area contributed by atoms with Gasteiger partial charge in [-0.3, -0.25) is 0 Å². The Bertz CT molecular complexity index is 591. The van der Waals surface area contributed by atoms with Gasteiger partial charge in [-0.25, -0.2) is 4.98 Å². The number of anilines is 2. The van der Waals surface area contributed by atoms with Crippen LogP contribution < -0.4 is 10.2 Å². The Kier molecular flexibility index (Phi) is 4.56. The summed E-state index contributed by atoms with van der Waals surface area (Å²) in [7, 11) is 0. The molecule has 0 saturated heterocycles. The fourth-order valence-corrected chi connectivity index (χ4v) is 3.60. The van der Waals surface area contributed by atoms with Crippen molar-refractivity contribution in [2.45, 2.75) is 45.7 Å². The molecular formula is C17H23N3S. The minimum atomic E-state index is 0.509. The Hall–Kier alpha value is -1.39. The van der Waals surface area contributed by atoms with Gasteiger partial charge in [0.25, 0.3) is 0 Å². The first-order valence-electron chi connectivity index (χ1n) is 7.77. The molecule has 1 aromatic carbocycles. The number of para-hydroxylation sites is 1. The van der Waals surface area contributed by atoms with Gasteiger partial charge in [-0.05, 0) is 30.9 Å². The summed E-state index contributed by atoms with van der Waals surface area (Å²) < 4.78 is 0. The Morgan fingerprint density at radius 3 is 3.00 bits per heavy atom. The molecule has 0 spiro atoms. The molecule has 0 aliphatic carbocycles. The van der Waals surface area contributed by atoms with Gasteiger partial charge in [0.1, 0.15) is 0 Å². The van der Waals surface area contributed by atoms with Crippen LogP contribution in [0.2, 0.25) is 0 Å². The first kappa shape index (κ1) is 14.5. The average molecular weight is 301 g/mol. The average Bonchev–Trinajstić information content (AvgIpc) is 2.84. The molecule has 112 valence electrons. The van der Waals surface area contributed by atoms with Gasteiger partial charge in [0.2, 0.25) is 0 Å². The van der Waals surface area contributed by atoms with E-state index in [0.717, 1.165) is 18.2 Å². The smallest absolute Gasteiger partial charge is 0.190 e. The molecule has 0 bridgehead atoms. The van der Waals surface area contributed by atoms with Crippen LogP contribution >= 0.6 is 11.3 Å². The highest BCUT2D eigenvalue weighted by Crippen LogP contribution is 2.34. The van der Waals surface area contributed by atoms with Gasteiger partial charge in [-0.2, -0.15) is 0 Å². The van der Waals surface area contributed by atoms with Crippen molar-refractivity contribution in [3.05, 3.63) is 40.9 Å².